The molecule has 1 aromatic carbocycles. The first kappa shape index (κ1) is 11.1. The Morgan fingerprint density at radius 3 is 3.20 bits per heavy atom. The molecule has 15 heavy (non-hydrogen) atoms. The Balaban J connectivity index is 2.02. The van der Waals surface area contributed by atoms with Gasteiger partial charge < -0.3 is 10.1 Å². The molecule has 1 atom stereocenters. The number of likely N-dealkylation sites (N-methyl/N-ethyl adjacent to an activating group) is 1. The second kappa shape index (κ2) is 5.10. The van der Waals surface area contributed by atoms with Gasteiger partial charge >= 0.3 is 0 Å². The van der Waals surface area contributed by atoms with E-state index < -0.39 is 0 Å². The number of aryl methyl sites for hydroxylation is 1. The Bertz CT molecular complexity index is 340. The molecule has 1 aromatic rings. The van der Waals surface area contributed by atoms with Gasteiger partial charge in [0.15, 0.2) is 0 Å². The lowest BCUT2D eigenvalue weighted by molar-refractivity contribution is 0.0568. The van der Waals surface area contributed by atoms with E-state index in [9.17, 15) is 0 Å². The third-order valence-corrected chi connectivity index (χ3v) is 3.29. The molecule has 0 fully saturated rings. The van der Waals surface area contributed by atoms with Crippen molar-refractivity contribution in [3.8, 4) is 0 Å². The SMILES string of the molecule is CNCCO[C@H]1CCc2cc(Br)ccc21. The Kier molecular flexibility index (Phi) is 3.78. The smallest absolute Gasteiger partial charge is 0.0831 e. The molecular formula is C12H16BrNO. The van der Waals surface area contributed by atoms with E-state index >= 15 is 0 Å². The van der Waals surface area contributed by atoms with E-state index in [4.69, 9.17) is 4.74 Å². The highest BCUT2D eigenvalue weighted by atomic mass is 79.9. The maximum Gasteiger partial charge on any atom is 0.0831 e. The van der Waals surface area contributed by atoms with Gasteiger partial charge in [-0.1, -0.05) is 22.0 Å². The summed E-state index contributed by atoms with van der Waals surface area (Å²) >= 11 is 3.50. The molecule has 0 heterocycles. The van der Waals surface area contributed by atoms with Crippen molar-refractivity contribution < 1.29 is 4.74 Å². The third-order valence-electron chi connectivity index (χ3n) is 2.80. The monoisotopic (exact) mass is 269 g/mol. The molecule has 0 saturated carbocycles. The standard InChI is InChI=1S/C12H16BrNO/c1-14-6-7-15-12-5-2-9-8-10(13)3-4-11(9)12/h3-4,8,12,14H,2,5-7H2,1H3/t12-/m0/s1. The maximum atomic E-state index is 5.83. The van der Waals surface area contributed by atoms with Crippen molar-refractivity contribution in [3.63, 3.8) is 0 Å². The summed E-state index contributed by atoms with van der Waals surface area (Å²) in [4.78, 5) is 0. The van der Waals surface area contributed by atoms with Crippen LogP contribution in [0.25, 0.3) is 0 Å². The van der Waals surface area contributed by atoms with Gasteiger partial charge in [-0.25, -0.2) is 0 Å². The van der Waals surface area contributed by atoms with Crippen molar-refractivity contribution in [1.29, 1.82) is 0 Å². The Morgan fingerprint density at radius 2 is 2.40 bits per heavy atom. The van der Waals surface area contributed by atoms with Crippen molar-refractivity contribution in [2.75, 3.05) is 20.2 Å². The van der Waals surface area contributed by atoms with Gasteiger partial charge in [-0.3, -0.25) is 0 Å². The summed E-state index contributed by atoms with van der Waals surface area (Å²) in [6.45, 7) is 1.71. The summed E-state index contributed by atoms with van der Waals surface area (Å²) in [6.07, 6.45) is 2.57. The van der Waals surface area contributed by atoms with E-state index in [0.29, 0.717) is 6.10 Å². The Morgan fingerprint density at radius 1 is 1.53 bits per heavy atom. The predicted molar refractivity (Wildman–Crippen MR) is 65.1 cm³/mol. The van der Waals surface area contributed by atoms with Gasteiger partial charge in [0.05, 0.1) is 12.7 Å². The Hall–Kier alpha value is -0.380. The number of hydrogen-bond acceptors (Lipinski definition) is 2. The minimum absolute atomic E-state index is 0.307. The summed E-state index contributed by atoms with van der Waals surface area (Å²) in [5, 5.41) is 3.09. The van der Waals surface area contributed by atoms with Crippen LogP contribution in [0.5, 0.6) is 0 Å². The van der Waals surface area contributed by atoms with E-state index in [1.165, 1.54) is 11.1 Å². The van der Waals surface area contributed by atoms with E-state index in [-0.39, 0.29) is 0 Å². The van der Waals surface area contributed by atoms with Gasteiger partial charge in [0.25, 0.3) is 0 Å². The molecule has 0 radical (unpaired) electrons. The molecule has 0 bridgehead atoms. The normalized spacial score (nSPS) is 19.2. The van der Waals surface area contributed by atoms with Crippen LogP contribution in [0.2, 0.25) is 0 Å². The minimum Gasteiger partial charge on any atom is -0.372 e. The van der Waals surface area contributed by atoms with Crippen molar-refractivity contribution in [2.24, 2.45) is 0 Å². The fraction of sp³-hybridized carbons (Fsp3) is 0.500. The number of benzene rings is 1. The predicted octanol–water partition coefficient (Wildman–Crippen LogP) is 2.67. The lowest BCUT2D eigenvalue weighted by Gasteiger charge is -2.12. The zero-order valence-electron chi connectivity index (χ0n) is 8.92. The van der Waals surface area contributed by atoms with Crippen LogP contribution in [0.3, 0.4) is 0 Å². The molecule has 1 N–H and O–H groups in total. The largest absolute Gasteiger partial charge is 0.372 e. The zero-order valence-corrected chi connectivity index (χ0v) is 10.5. The average molecular weight is 270 g/mol. The van der Waals surface area contributed by atoms with Crippen LogP contribution in [0.4, 0.5) is 0 Å². The molecular weight excluding hydrogens is 254 g/mol. The molecule has 82 valence electrons. The molecule has 1 aliphatic carbocycles. The Labute approximate surface area is 99.1 Å². The summed E-state index contributed by atoms with van der Waals surface area (Å²) in [6, 6.07) is 6.48. The number of hydrogen-bond donors (Lipinski definition) is 1. The molecule has 0 saturated heterocycles. The zero-order chi connectivity index (χ0) is 10.7. The quantitative estimate of drug-likeness (QED) is 0.849. The highest BCUT2D eigenvalue weighted by Gasteiger charge is 2.22. The molecule has 3 heteroatoms. The van der Waals surface area contributed by atoms with Crippen LogP contribution in [0.1, 0.15) is 23.7 Å². The summed E-state index contributed by atoms with van der Waals surface area (Å²) in [7, 11) is 1.95. The van der Waals surface area contributed by atoms with Crippen molar-refractivity contribution in [2.45, 2.75) is 18.9 Å². The number of ether oxygens (including phenoxy) is 1. The van der Waals surface area contributed by atoms with Gasteiger partial charge in [0, 0.05) is 11.0 Å². The number of halogens is 1. The van der Waals surface area contributed by atoms with Crippen LogP contribution in [0.15, 0.2) is 22.7 Å². The third kappa shape index (κ3) is 2.60. The molecule has 0 spiro atoms. The van der Waals surface area contributed by atoms with E-state index in [2.05, 4.69) is 39.4 Å². The molecule has 0 unspecified atom stereocenters. The molecule has 0 amide bonds. The van der Waals surface area contributed by atoms with Gasteiger partial charge in [0.1, 0.15) is 0 Å². The fourth-order valence-electron chi connectivity index (χ4n) is 2.02. The van der Waals surface area contributed by atoms with Gasteiger partial charge in [-0.2, -0.15) is 0 Å². The van der Waals surface area contributed by atoms with Gasteiger partial charge in [-0.15, -0.1) is 0 Å². The van der Waals surface area contributed by atoms with Crippen LogP contribution in [-0.4, -0.2) is 20.2 Å². The van der Waals surface area contributed by atoms with Crippen molar-refractivity contribution in [3.05, 3.63) is 33.8 Å². The van der Waals surface area contributed by atoms with E-state index in [1.807, 2.05) is 7.05 Å². The lowest BCUT2D eigenvalue weighted by atomic mass is 10.1. The lowest BCUT2D eigenvalue weighted by Crippen LogP contribution is -2.15. The van der Waals surface area contributed by atoms with Gasteiger partial charge in [0.2, 0.25) is 0 Å². The number of rotatable bonds is 4. The first-order chi connectivity index (χ1) is 7.31. The maximum absolute atomic E-state index is 5.83. The molecule has 0 aliphatic heterocycles. The number of nitrogens with one attached hydrogen (secondary N) is 1. The summed E-state index contributed by atoms with van der Waals surface area (Å²) in [5.41, 5.74) is 2.80. The van der Waals surface area contributed by atoms with Crippen LogP contribution >= 0.6 is 15.9 Å². The molecule has 0 aromatic heterocycles. The summed E-state index contributed by atoms with van der Waals surface area (Å²) in [5.74, 6) is 0. The van der Waals surface area contributed by atoms with Crippen molar-refractivity contribution >= 4 is 15.9 Å². The second-order valence-corrected chi connectivity index (χ2v) is 4.76. The van der Waals surface area contributed by atoms with E-state index in [0.717, 1.165) is 30.5 Å². The molecule has 2 rings (SSSR count). The first-order valence-electron chi connectivity index (χ1n) is 5.36. The summed E-state index contributed by atoms with van der Waals surface area (Å²) < 4.78 is 7.00. The highest BCUT2D eigenvalue weighted by Crippen LogP contribution is 2.35. The number of fused-ring (bicyclic) bond motifs is 1. The van der Waals surface area contributed by atoms with Crippen LogP contribution < -0.4 is 5.32 Å². The molecule has 1 aliphatic rings. The van der Waals surface area contributed by atoms with E-state index in [1.54, 1.807) is 0 Å². The van der Waals surface area contributed by atoms with Crippen LogP contribution in [-0.2, 0) is 11.2 Å². The van der Waals surface area contributed by atoms with Crippen LogP contribution in [0, 0.1) is 0 Å². The minimum atomic E-state index is 0.307. The topological polar surface area (TPSA) is 21.3 Å². The fourth-order valence-corrected chi connectivity index (χ4v) is 2.43. The average Bonchev–Trinajstić information content (AvgIpc) is 2.61. The second-order valence-electron chi connectivity index (χ2n) is 3.84. The molecule has 2 nitrogen and oxygen atoms in total. The highest BCUT2D eigenvalue weighted by molar-refractivity contribution is 9.10. The van der Waals surface area contributed by atoms with Crippen molar-refractivity contribution in [1.82, 2.24) is 5.32 Å². The first-order valence-corrected chi connectivity index (χ1v) is 6.15. The van der Waals surface area contributed by atoms with Gasteiger partial charge in [-0.05, 0) is 43.1 Å².